The molecule has 6 heteroatoms. The zero-order chi connectivity index (χ0) is 14.0. The van der Waals surface area contributed by atoms with Crippen LogP contribution in [0.2, 0.25) is 0 Å². The van der Waals surface area contributed by atoms with Crippen molar-refractivity contribution in [2.24, 2.45) is 11.5 Å². The van der Waals surface area contributed by atoms with E-state index < -0.39 is 11.8 Å². The van der Waals surface area contributed by atoms with Crippen LogP contribution in [-0.4, -0.2) is 16.8 Å². The van der Waals surface area contributed by atoms with Gasteiger partial charge >= 0.3 is 0 Å². The van der Waals surface area contributed by atoms with Crippen molar-refractivity contribution in [3.8, 4) is 11.1 Å². The third kappa shape index (κ3) is 2.52. The third-order valence-electron chi connectivity index (χ3n) is 2.69. The highest BCUT2D eigenvalue weighted by Crippen LogP contribution is 2.22. The number of anilines is 1. The number of carbonyl (C=O) groups is 2. The van der Waals surface area contributed by atoms with Crippen molar-refractivity contribution in [1.29, 1.82) is 0 Å². The van der Waals surface area contributed by atoms with E-state index in [-0.39, 0.29) is 11.4 Å². The van der Waals surface area contributed by atoms with Crippen LogP contribution in [0.25, 0.3) is 11.1 Å². The Bertz CT molecular complexity index is 650. The van der Waals surface area contributed by atoms with E-state index in [2.05, 4.69) is 4.98 Å². The van der Waals surface area contributed by atoms with E-state index in [9.17, 15) is 9.59 Å². The number of benzene rings is 1. The van der Waals surface area contributed by atoms with Crippen molar-refractivity contribution in [1.82, 2.24) is 4.98 Å². The van der Waals surface area contributed by atoms with Gasteiger partial charge in [0, 0.05) is 17.3 Å². The van der Waals surface area contributed by atoms with Crippen molar-refractivity contribution in [2.45, 2.75) is 0 Å². The molecule has 2 amide bonds. The Morgan fingerprint density at radius 1 is 0.947 bits per heavy atom. The first kappa shape index (κ1) is 12.6. The lowest BCUT2D eigenvalue weighted by molar-refractivity contribution is 0.0992. The smallest absolute Gasteiger partial charge is 0.252 e. The van der Waals surface area contributed by atoms with Crippen LogP contribution in [0.4, 0.5) is 5.82 Å². The van der Waals surface area contributed by atoms with E-state index in [4.69, 9.17) is 17.2 Å². The standard InChI is InChI=1S/C13H12N4O2/c14-11-10(13(16)19)5-9(6-17-11)7-1-3-8(4-2-7)12(15)18/h1-6H,(H2,14,17)(H2,15,18)(H2,16,19). The van der Waals surface area contributed by atoms with Crippen molar-refractivity contribution < 1.29 is 9.59 Å². The van der Waals surface area contributed by atoms with Gasteiger partial charge in [0.15, 0.2) is 0 Å². The topological polar surface area (TPSA) is 125 Å². The molecule has 2 rings (SSSR count). The first-order valence-electron chi connectivity index (χ1n) is 5.44. The fourth-order valence-corrected chi connectivity index (χ4v) is 1.66. The monoisotopic (exact) mass is 256 g/mol. The number of nitrogens with zero attached hydrogens (tertiary/aromatic N) is 1. The Morgan fingerprint density at radius 2 is 1.58 bits per heavy atom. The summed E-state index contributed by atoms with van der Waals surface area (Å²) in [6.45, 7) is 0. The lowest BCUT2D eigenvalue weighted by atomic mass is 10.0. The number of nitrogens with two attached hydrogens (primary N) is 3. The molecule has 0 saturated carbocycles. The van der Waals surface area contributed by atoms with Crippen molar-refractivity contribution in [3.63, 3.8) is 0 Å². The Morgan fingerprint density at radius 3 is 2.11 bits per heavy atom. The molecule has 6 N–H and O–H groups in total. The molecule has 0 bridgehead atoms. The van der Waals surface area contributed by atoms with Gasteiger partial charge in [-0.25, -0.2) is 4.98 Å². The average Bonchev–Trinajstić information content (AvgIpc) is 2.39. The fourth-order valence-electron chi connectivity index (χ4n) is 1.66. The van der Waals surface area contributed by atoms with Gasteiger partial charge in [-0.05, 0) is 23.8 Å². The van der Waals surface area contributed by atoms with Gasteiger partial charge in [0.2, 0.25) is 5.91 Å². The van der Waals surface area contributed by atoms with Gasteiger partial charge in [-0.15, -0.1) is 0 Å². The summed E-state index contributed by atoms with van der Waals surface area (Å²) in [7, 11) is 0. The van der Waals surface area contributed by atoms with Crippen LogP contribution in [0.1, 0.15) is 20.7 Å². The second-order valence-corrected chi connectivity index (χ2v) is 3.96. The van der Waals surface area contributed by atoms with Gasteiger partial charge in [-0.3, -0.25) is 9.59 Å². The minimum absolute atomic E-state index is 0.0880. The van der Waals surface area contributed by atoms with Crippen LogP contribution in [0, 0.1) is 0 Å². The number of rotatable bonds is 3. The quantitative estimate of drug-likeness (QED) is 0.740. The van der Waals surface area contributed by atoms with Crippen LogP contribution in [0.3, 0.4) is 0 Å². The molecule has 0 saturated heterocycles. The number of hydrogen-bond donors (Lipinski definition) is 3. The second-order valence-electron chi connectivity index (χ2n) is 3.96. The van der Waals surface area contributed by atoms with Gasteiger partial charge in [-0.1, -0.05) is 12.1 Å². The molecule has 0 unspecified atom stereocenters. The van der Waals surface area contributed by atoms with E-state index in [0.29, 0.717) is 11.1 Å². The minimum Gasteiger partial charge on any atom is -0.383 e. The van der Waals surface area contributed by atoms with Crippen LogP contribution < -0.4 is 17.2 Å². The zero-order valence-corrected chi connectivity index (χ0v) is 9.96. The fraction of sp³-hybridized carbons (Fsp3) is 0. The molecule has 0 aliphatic rings. The summed E-state index contributed by atoms with van der Waals surface area (Å²) in [6.07, 6.45) is 1.53. The SMILES string of the molecule is NC(=O)c1ccc(-c2cnc(N)c(C(N)=O)c2)cc1. The molecule has 1 aromatic carbocycles. The summed E-state index contributed by atoms with van der Waals surface area (Å²) in [5.41, 5.74) is 17.9. The number of hydrogen-bond acceptors (Lipinski definition) is 4. The average molecular weight is 256 g/mol. The van der Waals surface area contributed by atoms with Crippen molar-refractivity contribution in [3.05, 3.63) is 47.7 Å². The highest BCUT2D eigenvalue weighted by atomic mass is 16.1. The first-order valence-corrected chi connectivity index (χ1v) is 5.44. The summed E-state index contributed by atoms with van der Waals surface area (Å²) in [6, 6.07) is 8.16. The molecular formula is C13H12N4O2. The molecule has 19 heavy (non-hydrogen) atoms. The van der Waals surface area contributed by atoms with Crippen molar-refractivity contribution >= 4 is 17.6 Å². The molecule has 0 radical (unpaired) electrons. The van der Waals surface area contributed by atoms with E-state index >= 15 is 0 Å². The molecule has 1 aromatic heterocycles. The molecule has 0 fully saturated rings. The van der Waals surface area contributed by atoms with Gasteiger partial charge < -0.3 is 17.2 Å². The number of carbonyl (C=O) groups excluding carboxylic acids is 2. The number of pyridine rings is 1. The van der Waals surface area contributed by atoms with Gasteiger partial charge in [0.1, 0.15) is 5.82 Å². The predicted molar refractivity (Wildman–Crippen MR) is 71.1 cm³/mol. The lowest BCUT2D eigenvalue weighted by Gasteiger charge is -2.06. The lowest BCUT2D eigenvalue weighted by Crippen LogP contribution is -2.14. The maximum Gasteiger partial charge on any atom is 0.252 e. The van der Waals surface area contributed by atoms with Gasteiger partial charge in [0.25, 0.3) is 5.91 Å². The Hall–Kier alpha value is -2.89. The number of primary amides is 2. The Labute approximate surface area is 109 Å². The number of aromatic nitrogens is 1. The molecule has 0 spiro atoms. The molecule has 96 valence electrons. The van der Waals surface area contributed by atoms with Crippen LogP contribution in [-0.2, 0) is 0 Å². The van der Waals surface area contributed by atoms with Crippen molar-refractivity contribution in [2.75, 3.05) is 5.73 Å². The summed E-state index contributed by atoms with van der Waals surface area (Å²) in [5.74, 6) is -1.05. The maximum absolute atomic E-state index is 11.2. The highest BCUT2D eigenvalue weighted by molar-refractivity contribution is 5.98. The van der Waals surface area contributed by atoms with E-state index in [1.165, 1.54) is 6.20 Å². The Balaban J connectivity index is 2.44. The van der Waals surface area contributed by atoms with Crippen LogP contribution in [0.5, 0.6) is 0 Å². The van der Waals surface area contributed by atoms with Gasteiger partial charge in [0.05, 0.1) is 5.56 Å². The summed E-state index contributed by atoms with van der Waals surface area (Å²) in [4.78, 5) is 26.1. The van der Waals surface area contributed by atoms with Gasteiger partial charge in [-0.2, -0.15) is 0 Å². The third-order valence-corrected chi connectivity index (χ3v) is 2.69. The predicted octanol–water partition coefficient (Wildman–Crippen LogP) is 0.529. The van der Waals surface area contributed by atoms with Crippen LogP contribution in [0.15, 0.2) is 36.5 Å². The summed E-state index contributed by atoms with van der Waals surface area (Å²) < 4.78 is 0. The van der Waals surface area contributed by atoms with E-state index in [0.717, 1.165) is 5.56 Å². The van der Waals surface area contributed by atoms with E-state index in [1.807, 2.05) is 0 Å². The summed E-state index contributed by atoms with van der Waals surface area (Å²) >= 11 is 0. The molecule has 0 atom stereocenters. The second kappa shape index (κ2) is 4.77. The van der Waals surface area contributed by atoms with E-state index in [1.54, 1.807) is 30.3 Å². The summed E-state index contributed by atoms with van der Waals surface area (Å²) in [5, 5.41) is 0. The zero-order valence-electron chi connectivity index (χ0n) is 9.96. The molecule has 0 aliphatic heterocycles. The first-order chi connectivity index (χ1) is 8.99. The normalized spacial score (nSPS) is 10.1. The van der Waals surface area contributed by atoms with Crippen LogP contribution >= 0.6 is 0 Å². The minimum atomic E-state index is -0.638. The Kier molecular flexibility index (Phi) is 3.15. The number of nitrogen functional groups attached to an aromatic ring is 1. The highest BCUT2D eigenvalue weighted by Gasteiger charge is 2.09. The molecule has 2 aromatic rings. The molecule has 6 nitrogen and oxygen atoms in total. The largest absolute Gasteiger partial charge is 0.383 e. The maximum atomic E-state index is 11.2. The molecule has 1 heterocycles. The molecular weight excluding hydrogens is 244 g/mol. The molecule has 0 aliphatic carbocycles. The number of amides is 2.